The fourth-order valence-corrected chi connectivity index (χ4v) is 6.78. The topological polar surface area (TPSA) is 183 Å². The number of ether oxygens (including phenoxy) is 1. The molecule has 8 N–H and O–H groups in total. The number of hydrogen-bond donors (Lipinski definition) is 6. The number of amides is 1. The Balaban J connectivity index is 0.000000401. The lowest BCUT2D eigenvalue weighted by atomic mass is 10.0. The van der Waals surface area contributed by atoms with E-state index in [0.29, 0.717) is 12.2 Å². The Hall–Kier alpha value is -3.97. The van der Waals surface area contributed by atoms with Gasteiger partial charge in [0.05, 0.1) is 13.2 Å². The molecule has 1 amide bonds. The Bertz CT molecular complexity index is 1400. The minimum atomic E-state index is -1.48. The normalized spacial score (nSPS) is 13.5. The number of carboxylic acids is 2. The third kappa shape index (κ3) is 23.1. The van der Waals surface area contributed by atoms with Gasteiger partial charge in [-0.3, -0.25) is 14.6 Å². The first-order valence-electron chi connectivity index (χ1n) is 21.5. The molecule has 12 heteroatoms. The maximum Gasteiger partial charge on any atom is 0.344 e. The van der Waals surface area contributed by atoms with Gasteiger partial charge in [0.2, 0.25) is 5.91 Å². The Morgan fingerprint density at radius 2 is 1.26 bits per heavy atom. The van der Waals surface area contributed by atoms with Crippen LogP contribution < -0.4 is 26.8 Å². The van der Waals surface area contributed by atoms with Crippen LogP contribution in [0.5, 0.6) is 5.75 Å². The molecule has 0 aliphatic carbocycles. The number of methoxy groups -OCH3 is 1. The van der Waals surface area contributed by atoms with E-state index in [2.05, 4.69) is 39.5 Å². The third-order valence-corrected chi connectivity index (χ3v) is 10.3. The number of benzene rings is 2. The molecule has 1 aliphatic heterocycles. The first-order valence-corrected chi connectivity index (χ1v) is 21.5. The van der Waals surface area contributed by atoms with Gasteiger partial charge < -0.3 is 37.1 Å². The van der Waals surface area contributed by atoms with Gasteiger partial charge in [-0.2, -0.15) is 0 Å². The lowest BCUT2D eigenvalue weighted by Gasteiger charge is -2.34. The maximum absolute atomic E-state index is 11.8. The smallest absolute Gasteiger partial charge is 0.344 e. The number of hydrogen-bond acceptors (Lipinski definition) is 9. The first-order chi connectivity index (χ1) is 27.7. The molecule has 0 bridgehead atoms. The van der Waals surface area contributed by atoms with Crippen molar-refractivity contribution in [1.29, 1.82) is 0 Å². The van der Waals surface area contributed by atoms with E-state index < -0.39 is 17.5 Å². The summed E-state index contributed by atoms with van der Waals surface area (Å²) in [5.74, 6) is -2.10. The van der Waals surface area contributed by atoms with Crippen molar-refractivity contribution in [3.05, 3.63) is 71.4 Å². The standard InChI is InChI=1S/C23H27N3O5.C22H47N3O/c1-31-20-7-5-17(6-8-20)15-25-9-11-26(12-10-25)16-18-3-2-4-19(13-18)24-14-21(22(27)28)23(29)30;1-2-3-4-5-6-7-8-9-10-11-12-13-14-17-20-25-22(26)21(24)18-15-16-19-23/h2-8,13-14,24H,9-12,15-16H2,1H3,(H,27,28)(H,29,30);21H,2-20,23-24H2,1H3,(H,25,26)/t;21-/m.0/s1. The molecule has 0 aromatic heterocycles. The van der Waals surface area contributed by atoms with Crippen LogP contribution in [0.25, 0.3) is 0 Å². The Kier molecular flexibility index (Phi) is 26.8. The summed E-state index contributed by atoms with van der Waals surface area (Å²) in [6, 6.07) is 15.3. The van der Waals surface area contributed by atoms with Crippen LogP contribution in [0.2, 0.25) is 0 Å². The molecular formula is C45H74N6O6. The van der Waals surface area contributed by atoms with Gasteiger partial charge in [0.25, 0.3) is 0 Å². The molecule has 0 unspecified atom stereocenters. The summed E-state index contributed by atoms with van der Waals surface area (Å²) in [6.07, 6.45) is 22.6. The predicted molar refractivity (Wildman–Crippen MR) is 231 cm³/mol. The van der Waals surface area contributed by atoms with Crippen molar-refractivity contribution in [3.8, 4) is 5.75 Å². The van der Waals surface area contributed by atoms with E-state index in [9.17, 15) is 14.4 Å². The van der Waals surface area contributed by atoms with Crippen molar-refractivity contribution in [2.75, 3.05) is 51.7 Å². The molecule has 2 aromatic carbocycles. The summed E-state index contributed by atoms with van der Waals surface area (Å²) >= 11 is 0. The second-order valence-corrected chi connectivity index (χ2v) is 15.2. The molecule has 3 rings (SSSR count). The average molecular weight is 795 g/mol. The number of carbonyl (C=O) groups is 3. The lowest BCUT2D eigenvalue weighted by molar-refractivity contribution is -0.140. The molecule has 12 nitrogen and oxygen atoms in total. The highest BCUT2D eigenvalue weighted by atomic mass is 16.5. The number of anilines is 1. The lowest BCUT2D eigenvalue weighted by Crippen LogP contribution is -2.45. The van der Waals surface area contributed by atoms with Gasteiger partial charge >= 0.3 is 11.9 Å². The summed E-state index contributed by atoms with van der Waals surface area (Å²) in [5, 5.41) is 23.6. The van der Waals surface area contributed by atoms with Gasteiger partial charge in [0.1, 0.15) is 5.75 Å². The molecule has 320 valence electrons. The number of carboxylic acid groups (broad SMARTS) is 2. The van der Waals surface area contributed by atoms with Crippen LogP contribution in [-0.4, -0.2) is 90.3 Å². The van der Waals surface area contributed by atoms with E-state index in [1.54, 1.807) is 13.2 Å². The van der Waals surface area contributed by atoms with Crippen molar-refractivity contribution in [2.45, 2.75) is 135 Å². The average Bonchev–Trinajstić information content (AvgIpc) is 3.20. The molecule has 1 saturated heterocycles. The molecule has 0 radical (unpaired) electrons. The molecular weight excluding hydrogens is 721 g/mol. The summed E-state index contributed by atoms with van der Waals surface area (Å²) in [4.78, 5) is 38.5. The van der Waals surface area contributed by atoms with Crippen LogP contribution >= 0.6 is 0 Å². The second-order valence-electron chi connectivity index (χ2n) is 15.2. The Labute approximate surface area is 342 Å². The highest BCUT2D eigenvalue weighted by Gasteiger charge is 2.18. The zero-order valence-electron chi connectivity index (χ0n) is 35.0. The van der Waals surface area contributed by atoms with E-state index in [1.165, 1.54) is 89.0 Å². The quantitative estimate of drug-likeness (QED) is 0.0207. The van der Waals surface area contributed by atoms with Crippen LogP contribution in [0.3, 0.4) is 0 Å². The molecule has 0 saturated carbocycles. The number of carbonyl (C=O) groups excluding carboxylic acids is 1. The van der Waals surface area contributed by atoms with Gasteiger partial charge in [-0.05, 0) is 61.2 Å². The van der Waals surface area contributed by atoms with E-state index in [1.807, 2.05) is 30.3 Å². The van der Waals surface area contributed by atoms with Gasteiger partial charge in [-0.15, -0.1) is 0 Å². The molecule has 1 fully saturated rings. The maximum atomic E-state index is 11.8. The first kappa shape index (κ1) is 49.2. The summed E-state index contributed by atoms with van der Waals surface area (Å²) in [7, 11) is 1.67. The van der Waals surface area contributed by atoms with E-state index in [-0.39, 0.29) is 11.9 Å². The molecule has 0 spiro atoms. The van der Waals surface area contributed by atoms with E-state index >= 15 is 0 Å². The largest absolute Gasteiger partial charge is 0.497 e. The van der Waals surface area contributed by atoms with Crippen molar-refractivity contribution in [1.82, 2.24) is 15.1 Å². The van der Waals surface area contributed by atoms with E-state index in [4.69, 9.17) is 26.4 Å². The minimum Gasteiger partial charge on any atom is -0.497 e. The van der Waals surface area contributed by atoms with Crippen LogP contribution in [0.1, 0.15) is 127 Å². The zero-order valence-corrected chi connectivity index (χ0v) is 35.0. The minimum absolute atomic E-state index is 0.00304. The Morgan fingerprint density at radius 3 is 1.77 bits per heavy atom. The van der Waals surface area contributed by atoms with E-state index in [0.717, 1.165) is 89.0 Å². The summed E-state index contributed by atoms with van der Waals surface area (Å²) in [6.45, 7) is 9.28. The number of piperazine rings is 1. The fourth-order valence-electron chi connectivity index (χ4n) is 6.78. The molecule has 1 aliphatic rings. The van der Waals surface area contributed by atoms with Crippen LogP contribution in [0, 0.1) is 0 Å². The highest BCUT2D eigenvalue weighted by molar-refractivity contribution is 6.12. The molecule has 57 heavy (non-hydrogen) atoms. The Morgan fingerprint density at radius 1 is 0.737 bits per heavy atom. The van der Waals surface area contributed by atoms with Gasteiger partial charge in [0, 0.05) is 57.7 Å². The van der Waals surface area contributed by atoms with Crippen LogP contribution in [0.4, 0.5) is 5.69 Å². The molecule has 1 heterocycles. The van der Waals surface area contributed by atoms with Gasteiger partial charge in [-0.25, -0.2) is 9.59 Å². The monoisotopic (exact) mass is 795 g/mol. The number of aliphatic carboxylic acids is 2. The van der Waals surface area contributed by atoms with Gasteiger partial charge in [-0.1, -0.05) is 121 Å². The summed E-state index contributed by atoms with van der Waals surface area (Å²) < 4.78 is 5.21. The third-order valence-electron chi connectivity index (χ3n) is 10.3. The van der Waals surface area contributed by atoms with Crippen molar-refractivity contribution in [3.63, 3.8) is 0 Å². The zero-order chi connectivity index (χ0) is 41.5. The SMILES string of the molecule is CCCCCCCCCCCCCCCCNC(=O)[C@@H](N)CCCCN.COc1ccc(CN2CCN(Cc3cccc(NC=C(C(=O)O)C(=O)O)c3)CC2)cc1. The fraction of sp³-hybridized carbons (Fsp3) is 0.622. The van der Waals surface area contributed by atoms with Crippen LogP contribution in [0.15, 0.2) is 60.3 Å². The number of nitrogens with zero attached hydrogens (tertiary/aromatic N) is 2. The predicted octanol–water partition coefficient (Wildman–Crippen LogP) is 7.52. The molecule has 2 aromatic rings. The highest BCUT2D eigenvalue weighted by Crippen LogP contribution is 2.18. The number of nitrogens with two attached hydrogens (primary N) is 2. The second kappa shape index (κ2) is 31.1. The van der Waals surface area contributed by atoms with Crippen molar-refractivity contribution >= 4 is 23.5 Å². The number of unbranched alkanes of at least 4 members (excludes halogenated alkanes) is 14. The number of rotatable bonds is 29. The van der Waals surface area contributed by atoms with Crippen molar-refractivity contribution in [2.24, 2.45) is 11.5 Å². The van der Waals surface area contributed by atoms with Crippen LogP contribution in [-0.2, 0) is 27.5 Å². The molecule has 1 atom stereocenters. The summed E-state index contributed by atoms with van der Waals surface area (Å²) in [5.41, 5.74) is 13.6. The van der Waals surface area contributed by atoms with Crippen molar-refractivity contribution < 1.29 is 29.3 Å². The number of nitrogens with one attached hydrogen (secondary N) is 2. The van der Waals surface area contributed by atoms with Gasteiger partial charge in [0.15, 0.2) is 5.57 Å².